The molecule has 1 saturated carbocycles. The number of hydrogen-bond donors (Lipinski definition) is 2. The van der Waals surface area contributed by atoms with Gasteiger partial charge < -0.3 is 9.84 Å². The number of fused-ring (bicyclic) bond motifs is 1. The molecule has 1 aromatic rings. The van der Waals surface area contributed by atoms with Crippen LogP contribution in [0.15, 0.2) is 12.1 Å². The van der Waals surface area contributed by atoms with E-state index in [-0.39, 0.29) is 16.6 Å². The lowest BCUT2D eigenvalue weighted by Crippen LogP contribution is -2.49. The maximum absolute atomic E-state index is 13.7. The quantitative estimate of drug-likeness (QED) is 0.711. The molecule has 1 amide bonds. The number of benzene rings is 1. The number of anilines is 1. The van der Waals surface area contributed by atoms with Crippen LogP contribution in [-0.2, 0) is 10.3 Å². The van der Waals surface area contributed by atoms with Crippen molar-refractivity contribution in [2.45, 2.75) is 24.6 Å². The number of ether oxygens (including phenoxy) is 1. The summed E-state index contributed by atoms with van der Waals surface area (Å²) < 4.78 is 45.5. The molecule has 0 saturated heterocycles. The number of hydrogen-bond acceptors (Lipinski definition) is 3. The van der Waals surface area contributed by atoms with Crippen molar-refractivity contribution in [3.8, 4) is 17.6 Å². The molecule has 1 atom stereocenters. The lowest BCUT2D eigenvalue weighted by molar-refractivity contribution is -0.239. The van der Waals surface area contributed by atoms with Gasteiger partial charge in [0.1, 0.15) is 5.75 Å². The van der Waals surface area contributed by atoms with Gasteiger partial charge in [0.15, 0.2) is 0 Å². The third-order valence-electron chi connectivity index (χ3n) is 3.39. The highest BCUT2D eigenvalue weighted by molar-refractivity contribution is 6.32. The molecule has 0 unspecified atom stereocenters. The van der Waals surface area contributed by atoms with E-state index in [1.165, 1.54) is 6.07 Å². The second kappa shape index (κ2) is 4.71. The summed E-state index contributed by atoms with van der Waals surface area (Å²) in [4.78, 5) is 11.5. The number of cyclic esters (lactones) is 1. The Labute approximate surface area is 128 Å². The Hall–Kier alpha value is -2.07. The summed E-state index contributed by atoms with van der Waals surface area (Å²) >= 11 is 5.70. The van der Waals surface area contributed by atoms with Gasteiger partial charge in [-0.05, 0) is 30.9 Å². The molecule has 0 bridgehead atoms. The Kier molecular flexibility index (Phi) is 3.18. The molecule has 2 aliphatic rings. The second-order valence-corrected chi connectivity index (χ2v) is 5.46. The molecule has 22 heavy (non-hydrogen) atoms. The van der Waals surface area contributed by atoms with Crippen molar-refractivity contribution in [2.75, 3.05) is 5.32 Å². The zero-order chi connectivity index (χ0) is 16.1. The van der Waals surface area contributed by atoms with Crippen molar-refractivity contribution in [2.24, 2.45) is 5.92 Å². The maximum Gasteiger partial charge on any atom is 0.445 e. The summed E-state index contributed by atoms with van der Waals surface area (Å²) in [5, 5.41) is 11.8. The average Bonchev–Trinajstić information content (AvgIpc) is 3.23. The van der Waals surface area contributed by atoms with Crippen LogP contribution < -0.4 is 5.32 Å². The SMILES string of the molecule is O=C1Nc2ccc(Cl)c(O)c2[C@@](C#CC2CC2)(C(F)(F)F)O1. The Morgan fingerprint density at radius 3 is 2.68 bits per heavy atom. The highest BCUT2D eigenvalue weighted by Crippen LogP contribution is 2.52. The topological polar surface area (TPSA) is 58.6 Å². The molecule has 1 aliphatic heterocycles. The van der Waals surface area contributed by atoms with E-state index in [4.69, 9.17) is 11.6 Å². The van der Waals surface area contributed by atoms with E-state index < -0.39 is 29.2 Å². The Morgan fingerprint density at radius 2 is 2.09 bits per heavy atom. The van der Waals surface area contributed by atoms with Gasteiger partial charge in [-0.25, -0.2) is 4.79 Å². The molecule has 1 fully saturated rings. The zero-order valence-corrected chi connectivity index (χ0v) is 11.7. The lowest BCUT2D eigenvalue weighted by Gasteiger charge is -2.36. The van der Waals surface area contributed by atoms with Crippen LogP contribution in [-0.4, -0.2) is 17.4 Å². The molecule has 0 spiro atoms. The number of aromatic hydroxyl groups is 1. The Balaban J connectivity index is 2.29. The number of carbonyl (C=O) groups is 1. The van der Waals surface area contributed by atoms with Gasteiger partial charge in [-0.3, -0.25) is 5.32 Å². The Morgan fingerprint density at radius 1 is 1.41 bits per heavy atom. The number of halogens is 4. The minimum absolute atomic E-state index is 0.155. The van der Waals surface area contributed by atoms with Crippen LogP contribution in [0.25, 0.3) is 0 Å². The minimum Gasteiger partial charge on any atom is -0.506 e. The third kappa shape index (κ3) is 2.24. The predicted octanol–water partition coefficient (Wildman–Crippen LogP) is 3.78. The highest BCUT2D eigenvalue weighted by atomic mass is 35.5. The molecule has 8 heteroatoms. The molecule has 116 valence electrons. The van der Waals surface area contributed by atoms with Crippen molar-refractivity contribution < 1.29 is 27.8 Å². The number of amides is 1. The van der Waals surface area contributed by atoms with Gasteiger partial charge in [-0.2, -0.15) is 13.2 Å². The lowest BCUT2D eigenvalue weighted by atomic mass is 9.89. The second-order valence-electron chi connectivity index (χ2n) is 5.06. The van der Waals surface area contributed by atoms with Gasteiger partial charge in [0.05, 0.1) is 16.3 Å². The number of phenolic OH excluding ortho intramolecular Hbond substituents is 1. The molecule has 1 heterocycles. The largest absolute Gasteiger partial charge is 0.506 e. The van der Waals surface area contributed by atoms with Crippen LogP contribution >= 0.6 is 11.6 Å². The molecular weight excluding hydrogens is 323 g/mol. The summed E-state index contributed by atoms with van der Waals surface area (Å²) in [7, 11) is 0. The smallest absolute Gasteiger partial charge is 0.445 e. The zero-order valence-electron chi connectivity index (χ0n) is 10.9. The van der Waals surface area contributed by atoms with Gasteiger partial charge in [0.25, 0.3) is 5.60 Å². The number of rotatable bonds is 0. The van der Waals surface area contributed by atoms with E-state index >= 15 is 0 Å². The number of nitrogens with one attached hydrogen (secondary N) is 1. The predicted molar refractivity (Wildman–Crippen MR) is 71.5 cm³/mol. The maximum atomic E-state index is 13.7. The number of carbonyl (C=O) groups excluding carboxylic acids is 1. The van der Waals surface area contributed by atoms with Crippen LogP contribution in [0.4, 0.5) is 23.7 Å². The summed E-state index contributed by atoms with van der Waals surface area (Å²) in [6.07, 6.45) is -4.94. The molecule has 0 radical (unpaired) electrons. The summed E-state index contributed by atoms with van der Waals surface area (Å²) in [6, 6.07) is 2.34. The molecule has 4 nitrogen and oxygen atoms in total. The summed E-state index contributed by atoms with van der Waals surface area (Å²) in [6.45, 7) is 0. The van der Waals surface area contributed by atoms with Gasteiger partial charge in [0.2, 0.25) is 0 Å². The van der Waals surface area contributed by atoms with Gasteiger partial charge in [-0.15, -0.1) is 0 Å². The molecule has 2 N–H and O–H groups in total. The highest BCUT2D eigenvalue weighted by Gasteiger charge is 2.63. The molecule has 0 aromatic heterocycles. The van der Waals surface area contributed by atoms with E-state index in [1.807, 2.05) is 5.92 Å². The van der Waals surface area contributed by atoms with Crippen LogP contribution in [0.2, 0.25) is 5.02 Å². The number of alkyl halides is 3. The fraction of sp³-hybridized carbons (Fsp3) is 0.357. The van der Waals surface area contributed by atoms with Crippen molar-refractivity contribution >= 4 is 23.4 Å². The van der Waals surface area contributed by atoms with E-state index in [0.717, 1.165) is 6.07 Å². The summed E-state index contributed by atoms with van der Waals surface area (Å²) in [5.74, 6) is 3.49. The van der Waals surface area contributed by atoms with Crippen molar-refractivity contribution in [3.63, 3.8) is 0 Å². The normalized spacial score (nSPS) is 23.7. The van der Waals surface area contributed by atoms with Crippen LogP contribution in [0.5, 0.6) is 5.75 Å². The fourth-order valence-electron chi connectivity index (χ4n) is 2.14. The van der Waals surface area contributed by atoms with E-state index in [0.29, 0.717) is 12.8 Å². The molecule has 1 aliphatic carbocycles. The first-order valence-corrected chi connectivity index (χ1v) is 6.74. The van der Waals surface area contributed by atoms with Crippen molar-refractivity contribution in [3.05, 3.63) is 22.7 Å². The first-order valence-electron chi connectivity index (χ1n) is 6.36. The summed E-state index contributed by atoms with van der Waals surface area (Å²) in [5.41, 5.74) is -4.16. The van der Waals surface area contributed by atoms with Crippen LogP contribution in [0, 0.1) is 17.8 Å². The fourth-order valence-corrected chi connectivity index (χ4v) is 2.30. The standard InChI is InChI=1S/C14H9ClF3NO3/c15-8-3-4-9-10(11(8)20)13(14(16,17)18,22-12(21)19-9)6-5-7-1-2-7/h3-4,7,20H,1-2H2,(H,19,21)/t13-/m0/s1. The molecule has 3 rings (SSSR count). The molecular formula is C14H9ClF3NO3. The molecule has 1 aromatic carbocycles. The average molecular weight is 332 g/mol. The van der Waals surface area contributed by atoms with Gasteiger partial charge in [0, 0.05) is 5.92 Å². The Bertz CT molecular complexity index is 719. The third-order valence-corrected chi connectivity index (χ3v) is 3.70. The van der Waals surface area contributed by atoms with Crippen molar-refractivity contribution in [1.82, 2.24) is 0 Å². The number of phenols is 1. The van der Waals surface area contributed by atoms with Gasteiger partial charge in [-0.1, -0.05) is 17.5 Å². The van der Waals surface area contributed by atoms with Crippen LogP contribution in [0.3, 0.4) is 0 Å². The van der Waals surface area contributed by atoms with E-state index in [1.54, 1.807) is 0 Å². The van der Waals surface area contributed by atoms with E-state index in [2.05, 4.69) is 16.0 Å². The van der Waals surface area contributed by atoms with Gasteiger partial charge >= 0.3 is 12.3 Å². The first-order chi connectivity index (χ1) is 10.2. The minimum atomic E-state index is -5.04. The monoisotopic (exact) mass is 331 g/mol. The van der Waals surface area contributed by atoms with Crippen LogP contribution in [0.1, 0.15) is 18.4 Å². The van der Waals surface area contributed by atoms with E-state index in [9.17, 15) is 23.1 Å². The van der Waals surface area contributed by atoms with Crippen molar-refractivity contribution in [1.29, 1.82) is 0 Å². The first kappa shape index (κ1) is 14.9.